The number of halogens is 3. The lowest BCUT2D eigenvalue weighted by atomic mass is 9.93. The Kier molecular flexibility index (Phi) is 9.17. The zero-order valence-corrected chi connectivity index (χ0v) is 23.3. The molecule has 2 aromatic carbocycles. The highest BCUT2D eigenvalue weighted by molar-refractivity contribution is 7.85. The van der Waals surface area contributed by atoms with Crippen LogP contribution in [0.1, 0.15) is 33.8 Å². The second kappa shape index (κ2) is 11.9. The summed E-state index contributed by atoms with van der Waals surface area (Å²) in [6, 6.07) is 11.8. The van der Waals surface area contributed by atoms with Gasteiger partial charge >= 0.3 is 0 Å². The maximum absolute atomic E-state index is 13.2. The molecule has 2 saturated heterocycles. The summed E-state index contributed by atoms with van der Waals surface area (Å²) in [6.07, 6.45) is 0.904. The van der Waals surface area contributed by atoms with Crippen LogP contribution in [-0.2, 0) is 10.8 Å². The number of hydrogen-bond donors (Lipinski definition) is 0. The van der Waals surface area contributed by atoms with Crippen LogP contribution in [0, 0.1) is 6.92 Å². The molecule has 0 unspecified atom stereocenters. The lowest BCUT2D eigenvalue weighted by molar-refractivity contribution is 0.0367. The van der Waals surface area contributed by atoms with E-state index in [-0.39, 0.29) is 11.8 Å². The highest BCUT2D eigenvalue weighted by atomic mass is 35.5. The Labute approximate surface area is 225 Å². The average Bonchev–Trinajstić information content (AvgIpc) is 2.79. The lowest BCUT2D eigenvalue weighted by Gasteiger charge is -2.47. The summed E-state index contributed by atoms with van der Waals surface area (Å²) in [5.74, 6) is 1.66. The van der Waals surface area contributed by atoms with Crippen LogP contribution >= 0.6 is 34.8 Å². The summed E-state index contributed by atoms with van der Waals surface area (Å²) in [4.78, 5) is 19.9. The summed E-state index contributed by atoms with van der Waals surface area (Å²) in [6.45, 7) is 7.40. The number of amides is 1. The molecule has 2 fully saturated rings. The molecule has 0 saturated carbocycles. The third-order valence-electron chi connectivity index (χ3n) is 7.01. The van der Waals surface area contributed by atoms with E-state index in [4.69, 9.17) is 34.8 Å². The first-order chi connectivity index (χ1) is 16.7. The molecule has 0 N–H and O–H groups in total. The first kappa shape index (κ1) is 26.9. The van der Waals surface area contributed by atoms with E-state index in [0.29, 0.717) is 33.2 Å². The van der Waals surface area contributed by atoms with Crippen LogP contribution in [0.2, 0.25) is 15.1 Å². The highest BCUT2D eigenvalue weighted by Crippen LogP contribution is 2.30. The SMILES string of the molecule is Cc1cc(Cl)cc(C(=O)N(C)C[C@@H](CCN2CC(N3CCS(=O)CC3)C2)c2ccc(Cl)c(Cl)c2)c1. The smallest absolute Gasteiger partial charge is 0.253 e. The number of carbonyl (C=O) groups is 1. The second-order valence-electron chi connectivity index (χ2n) is 9.66. The summed E-state index contributed by atoms with van der Waals surface area (Å²) >= 11 is 18.7. The van der Waals surface area contributed by atoms with Gasteiger partial charge in [0.1, 0.15) is 0 Å². The molecule has 9 heteroatoms. The number of likely N-dealkylation sites (tertiary alicyclic amines) is 1. The van der Waals surface area contributed by atoms with Crippen molar-refractivity contribution in [2.75, 3.05) is 57.8 Å². The van der Waals surface area contributed by atoms with E-state index in [1.807, 2.05) is 44.3 Å². The highest BCUT2D eigenvalue weighted by Gasteiger charge is 2.33. The van der Waals surface area contributed by atoms with Gasteiger partial charge in [0.2, 0.25) is 0 Å². The van der Waals surface area contributed by atoms with Crippen molar-refractivity contribution in [1.29, 1.82) is 0 Å². The molecule has 35 heavy (non-hydrogen) atoms. The molecule has 0 spiro atoms. The minimum Gasteiger partial charge on any atom is -0.341 e. The summed E-state index contributed by atoms with van der Waals surface area (Å²) in [5, 5.41) is 1.62. The van der Waals surface area contributed by atoms with Gasteiger partial charge in [-0.05, 0) is 61.3 Å². The van der Waals surface area contributed by atoms with Crippen molar-refractivity contribution in [2.45, 2.75) is 25.3 Å². The van der Waals surface area contributed by atoms with Crippen molar-refractivity contribution in [3.05, 3.63) is 68.2 Å². The summed E-state index contributed by atoms with van der Waals surface area (Å²) < 4.78 is 11.6. The maximum atomic E-state index is 13.2. The van der Waals surface area contributed by atoms with Crippen molar-refractivity contribution in [2.24, 2.45) is 0 Å². The Balaban J connectivity index is 1.39. The topological polar surface area (TPSA) is 43.9 Å². The molecule has 0 bridgehead atoms. The number of benzene rings is 2. The molecule has 0 aliphatic carbocycles. The number of hydrogen-bond acceptors (Lipinski definition) is 4. The number of rotatable bonds is 8. The molecular formula is C26H32Cl3N3O2S. The predicted molar refractivity (Wildman–Crippen MR) is 147 cm³/mol. The van der Waals surface area contributed by atoms with Crippen molar-refractivity contribution >= 4 is 51.5 Å². The molecule has 1 amide bonds. The maximum Gasteiger partial charge on any atom is 0.253 e. The summed E-state index contributed by atoms with van der Waals surface area (Å²) in [5.41, 5.74) is 2.64. The molecular weight excluding hydrogens is 525 g/mol. The standard InChI is InChI=1S/C26H32Cl3N3O2S/c1-18-11-21(13-22(27)12-18)26(33)30(2)15-20(19-3-4-24(28)25(29)14-19)5-6-31-16-23(17-31)32-7-9-35(34)10-8-32/h3-4,11-14,20,23H,5-10,15-17H2,1-2H3/t20-/m1/s1. The van der Waals surface area contributed by atoms with Crippen LogP contribution in [0.3, 0.4) is 0 Å². The van der Waals surface area contributed by atoms with E-state index >= 15 is 0 Å². The monoisotopic (exact) mass is 555 g/mol. The predicted octanol–water partition coefficient (Wildman–Crippen LogP) is 4.95. The third-order valence-corrected chi connectivity index (χ3v) is 9.24. The molecule has 0 aromatic heterocycles. The van der Waals surface area contributed by atoms with E-state index in [9.17, 15) is 9.00 Å². The van der Waals surface area contributed by atoms with Crippen LogP contribution in [-0.4, -0.2) is 88.7 Å². The molecule has 2 aliphatic rings. The van der Waals surface area contributed by atoms with Crippen LogP contribution in [0.15, 0.2) is 36.4 Å². The van der Waals surface area contributed by atoms with Gasteiger partial charge in [-0.3, -0.25) is 13.9 Å². The van der Waals surface area contributed by atoms with E-state index in [1.165, 1.54) is 0 Å². The molecule has 4 rings (SSSR count). The Morgan fingerprint density at radius 1 is 1.09 bits per heavy atom. The Bertz CT molecular complexity index is 1060. The number of aryl methyl sites for hydroxylation is 1. The Morgan fingerprint density at radius 2 is 1.80 bits per heavy atom. The van der Waals surface area contributed by atoms with Crippen LogP contribution in [0.5, 0.6) is 0 Å². The van der Waals surface area contributed by atoms with Gasteiger partial charge in [0.25, 0.3) is 5.91 Å². The normalized spacial score (nSPS) is 18.9. The van der Waals surface area contributed by atoms with Gasteiger partial charge in [0, 0.05) is 84.6 Å². The van der Waals surface area contributed by atoms with Crippen LogP contribution in [0.25, 0.3) is 0 Å². The first-order valence-corrected chi connectivity index (χ1v) is 14.6. The van der Waals surface area contributed by atoms with Crippen LogP contribution < -0.4 is 0 Å². The van der Waals surface area contributed by atoms with Gasteiger partial charge < -0.3 is 9.80 Å². The zero-order chi connectivity index (χ0) is 25.1. The fourth-order valence-electron chi connectivity index (χ4n) is 4.94. The van der Waals surface area contributed by atoms with Crippen molar-refractivity contribution in [1.82, 2.24) is 14.7 Å². The van der Waals surface area contributed by atoms with Gasteiger partial charge in [-0.2, -0.15) is 0 Å². The van der Waals surface area contributed by atoms with Gasteiger partial charge in [-0.25, -0.2) is 0 Å². The van der Waals surface area contributed by atoms with E-state index in [2.05, 4.69) is 9.80 Å². The van der Waals surface area contributed by atoms with E-state index < -0.39 is 10.8 Å². The Morgan fingerprint density at radius 3 is 2.46 bits per heavy atom. The van der Waals surface area contributed by atoms with E-state index in [0.717, 1.165) is 61.8 Å². The molecule has 1 atom stereocenters. The fourth-order valence-corrected chi connectivity index (χ4v) is 6.61. The number of carbonyl (C=O) groups excluding carboxylic acids is 1. The summed E-state index contributed by atoms with van der Waals surface area (Å²) in [7, 11) is 1.20. The minimum absolute atomic E-state index is 0.0489. The van der Waals surface area contributed by atoms with Gasteiger partial charge in [0.15, 0.2) is 0 Å². The van der Waals surface area contributed by atoms with Crippen molar-refractivity contribution < 1.29 is 9.00 Å². The minimum atomic E-state index is -0.640. The van der Waals surface area contributed by atoms with Crippen molar-refractivity contribution in [3.8, 4) is 0 Å². The second-order valence-corrected chi connectivity index (χ2v) is 12.6. The molecule has 2 aliphatic heterocycles. The first-order valence-electron chi connectivity index (χ1n) is 12.0. The molecule has 2 aromatic rings. The number of nitrogens with zero attached hydrogens (tertiary/aromatic N) is 3. The molecule has 0 radical (unpaired) electrons. The zero-order valence-electron chi connectivity index (χ0n) is 20.2. The van der Waals surface area contributed by atoms with Crippen LogP contribution in [0.4, 0.5) is 0 Å². The Hall–Kier alpha value is -1.15. The van der Waals surface area contributed by atoms with Gasteiger partial charge in [0.05, 0.1) is 10.0 Å². The lowest BCUT2D eigenvalue weighted by Crippen LogP contribution is -2.61. The van der Waals surface area contributed by atoms with Crippen molar-refractivity contribution in [3.63, 3.8) is 0 Å². The van der Waals surface area contributed by atoms with E-state index in [1.54, 1.807) is 11.0 Å². The van der Waals surface area contributed by atoms with Gasteiger partial charge in [-0.15, -0.1) is 0 Å². The third kappa shape index (κ3) is 7.00. The largest absolute Gasteiger partial charge is 0.341 e. The molecule has 190 valence electrons. The average molecular weight is 557 g/mol. The quantitative estimate of drug-likeness (QED) is 0.462. The molecule has 2 heterocycles. The fraction of sp³-hybridized carbons (Fsp3) is 0.500. The number of likely N-dealkylation sites (N-methyl/N-ethyl adjacent to an activating group) is 1. The van der Waals surface area contributed by atoms with Gasteiger partial charge in [-0.1, -0.05) is 40.9 Å². The molecule has 5 nitrogen and oxygen atoms in total.